The smallest absolute Gasteiger partial charge is 0.313 e. The predicted molar refractivity (Wildman–Crippen MR) is 77.0 cm³/mol. The van der Waals surface area contributed by atoms with Crippen LogP contribution in [0, 0.1) is 21.4 Å². The number of nitrogens with zero attached hydrogens (tertiary/aromatic N) is 2. The minimum atomic E-state index is -0.579. The molecule has 0 saturated heterocycles. The van der Waals surface area contributed by atoms with Crippen LogP contribution in [0.5, 0.6) is 11.5 Å². The Hall–Kier alpha value is -2.10. The molecule has 20 heavy (non-hydrogen) atoms. The summed E-state index contributed by atoms with van der Waals surface area (Å²) in [6, 6.07) is 10.9. The molecule has 2 rings (SSSR count). The SMILES string of the molecule is N#Cc1cc(Br)cc(Oc2c(Cl)cccc2[N+](=O)[O-])c1. The lowest BCUT2D eigenvalue weighted by Crippen LogP contribution is -1.94. The lowest BCUT2D eigenvalue weighted by atomic mass is 10.2. The number of halogens is 2. The van der Waals surface area contributed by atoms with E-state index in [9.17, 15) is 10.1 Å². The minimum Gasteiger partial charge on any atom is -0.448 e. The minimum absolute atomic E-state index is 0.0545. The van der Waals surface area contributed by atoms with E-state index in [0.29, 0.717) is 10.0 Å². The molecule has 0 fully saturated rings. The Morgan fingerprint density at radius 1 is 1.35 bits per heavy atom. The van der Waals surface area contributed by atoms with Crippen LogP contribution in [0.3, 0.4) is 0 Å². The third-order valence-electron chi connectivity index (χ3n) is 2.36. The fourth-order valence-electron chi connectivity index (χ4n) is 1.55. The molecule has 0 bridgehead atoms. The summed E-state index contributed by atoms with van der Waals surface area (Å²) in [5, 5.41) is 20.0. The fourth-order valence-corrected chi connectivity index (χ4v) is 2.23. The molecule has 0 radical (unpaired) electrons. The highest BCUT2D eigenvalue weighted by molar-refractivity contribution is 9.10. The monoisotopic (exact) mass is 352 g/mol. The van der Waals surface area contributed by atoms with Gasteiger partial charge in [-0.15, -0.1) is 0 Å². The van der Waals surface area contributed by atoms with Gasteiger partial charge in [0.05, 0.1) is 21.6 Å². The average molecular weight is 354 g/mol. The fraction of sp³-hybridized carbons (Fsp3) is 0. The molecule has 0 unspecified atom stereocenters. The molecule has 100 valence electrons. The van der Waals surface area contributed by atoms with Crippen molar-refractivity contribution in [3.63, 3.8) is 0 Å². The van der Waals surface area contributed by atoms with Crippen molar-refractivity contribution < 1.29 is 9.66 Å². The molecule has 0 amide bonds. The Kier molecular flexibility index (Phi) is 4.23. The van der Waals surface area contributed by atoms with Crippen molar-refractivity contribution in [3.8, 4) is 17.6 Å². The van der Waals surface area contributed by atoms with E-state index in [4.69, 9.17) is 21.6 Å². The number of nitriles is 1. The molecule has 0 aromatic heterocycles. The van der Waals surface area contributed by atoms with Crippen LogP contribution < -0.4 is 4.74 Å². The van der Waals surface area contributed by atoms with E-state index < -0.39 is 4.92 Å². The number of benzene rings is 2. The zero-order chi connectivity index (χ0) is 14.7. The summed E-state index contributed by atoms with van der Waals surface area (Å²) in [6.07, 6.45) is 0. The van der Waals surface area contributed by atoms with Crippen LogP contribution >= 0.6 is 27.5 Å². The third-order valence-corrected chi connectivity index (χ3v) is 3.12. The zero-order valence-corrected chi connectivity index (χ0v) is 12.2. The van der Waals surface area contributed by atoms with Gasteiger partial charge in [-0.1, -0.05) is 33.6 Å². The average Bonchev–Trinajstić information content (AvgIpc) is 2.40. The molecule has 0 spiro atoms. The number of ether oxygens (including phenoxy) is 1. The van der Waals surface area contributed by atoms with Crippen LogP contribution in [0.2, 0.25) is 5.02 Å². The van der Waals surface area contributed by atoms with Gasteiger partial charge in [0.2, 0.25) is 5.75 Å². The first-order valence-corrected chi connectivity index (χ1v) is 6.50. The maximum atomic E-state index is 11.0. The molecule has 0 aliphatic heterocycles. The summed E-state index contributed by atoms with van der Waals surface area (Å²) in [7, 11) is 0. The molecule has 2 aromatic rings. The van der Waals surface area contributed by atoms with Crippen LogP contribution in [0.25, 0.3) is 0 Å². The third kappa shape index (κ3) is 3.07. The zero-order valence-electron chi connectivity index (χ0n) is 9.84. The lowest BCUT2D eigenvalue weighted by molar-refractivity contribution is -0.385. The molecular formula is C13H6BrClN2O3. The molecule has 0 saturated carbocycles. The Labute approximate surface area is 127 Å². The number of hydrogen-bond acceptors (Lipinski definition) is 4. The van der Waals surface area contributed by atoms with E-state index in [1.54, 1.807) is 12.1 Å². The number of nitro benzene ring substituents is 1. The second kappa shape index (κ2) is 5.90. The van der Waals surface area contributed by atoms with Crippen molar-refractivity contribution in [2.45, 2.75) is 0 Å². The van der Waals surface area contributed by atoms with E-state index in [1.807, 2.05) is 6.07 Å². The molecule has 0 atom stereocenters. The molecule has 0 aliphatic carbocycles. The second-order valence-electron chi connectivity index (χ2n) is 3.73. The Morgan fingerprint density at radius 3 is 2.75 bits per heavy atom. The first-order valence-electron chi connectivity index (χ1n) is 5.32. The van der Waals surface area contributed by atoms with Gasteiger partial charge < -0.3 is 4.74 Å². The normalized spacial score (nSPS) is 9.85. The number of para-hydroxylation sites is 1. The lowest BCUT2D eigenvalue weighted by Gasteiger charge is -2.08. The van der Waals surface area contributed by atoms with E-state index >= 15 is 0 Å². The number of rotatable bonds is 3. The van der Waals surface area contributed by atoms with Crippen LogP contribution in [0.15, 0.2) is 40.9 Å². The largest absolute Gasteiger partial charge is 0.448 e. The molecule has 0 N–H and O–H groups in total. The highest BCUT2D eigenvalue weighted by Crippen LogP contribution is 2.38. The van der Waals surface area contributed by atoms with Gasteiger partial charge in [0, 0.05) is 10.5 Å². The van der Waals surface area contributed by atoms with Gasteiger partial charge in [-0.25, -0.2) is 0 Å². The van der Waals surface area contributed by atoms with Gasteiger partial charge in [0.15, 0.2) is 0 Å². The highest BCUT2D eigenvalue weighted by Gasteiger charge is 2.19. The predicted octanol–water partition coefficient (Wildman–Crippen LogP) is 4.67. The van der Waals surface area contributed by atoms with Crippen LogP contribution in [-0.4, -0.2) is 4.92 Å². The summed E-state index contributed by atoms with van der Waals surface area (Å²) < 4.78 is 6.10. The van der Waals surface area contributed by atoms with E-state index in [1.165, 1.54) is 24.3 Å². The highest BCUT2D eigenvalue weighted by atomic mass is 79.9. The van der Waals surface area contributed by atoms with Gasteiger partial charge in [-0.05, 0) is 24.3 Å². The molecule has 0 heterocycles. The molecule has 5 nitrogen and oxygen atoms in total. The summed E-state index contributed by atoms with van der Waals surface area (Å²) >= 11 is 9.17. The maximum absolute atomic E-state index is 11.0. The van der Waals surface area contributed by atoms with Gasteiger partial charge in [-0.2, -0.15) is 5.26 Å². The van der Waals surface area contributed by atoms with Crippen molar-refractivity contribution in [1.29, 1.82) is 5.26 Å². The van der Waals surface area contributed by atoms with Crippen LogP contribution in [-0.2, 0) is 0 Å². The van der Waals surface area contributed by atoms with Gasteiger partial charge >= 0.3 is 5.69 Å². The topological polar surface area (TPSA) is 76.2 Å². The van der Waals surface area contributed by atoms with Crippen molar-refractivity contribution in [3.05, 3.63) is 61.6 Å². The number of hydrogen-bond donors (Lipinski definition) is 0. The summed E-state index contributed by atoms with van der Waals surface area (Å²) in [5.74, 6) is 0.230. The van der Waals surface area contributed by atoms with Crippen LogP contribution in [0.4, 0.5) is 5.69 Å². The van der Waals surface area contributed by atoms with Gasteiger partial charge in [0.1, 0.15) is 5.75 Å². The summed E-state index contributed by atoms with van der Waals surface area (Å²) in [6.45, 7) is 0. The molecule has 2 aromatic carbocycles. The van der Waals surface area contributed by atoms with Crippen molar-refractivity contribution in [2.75, 3.05) is 0 Å². The Balaban J connectivity index is 2.48. The van der Waals surface area contributed by atoms with Gasteiger partial charge in [-0.3, -0.25) is 10.1 Å². The first-order chi connectivity index (χ1) is 9.51. The van der Waals surface area contributed by atoms with Crippen LogP contribution in [0.1, 0.15) is 5.56 Å². The van der Waals surface area contributed by atoms with E-state index in [0.717, 1.165) is 0 Å². The summed E-state index contributed by atoms with van der Waals surface area (Å²) in [4.78, 5) is 10.4. The Morgan fingerprint density at radius 2 is 2.10 bits per heavy atom. The van der Waals surface area contributed by atoms with Crippen molar-refractivity contribution >= 4 is 33.2 Å². The number of nitro groups is 1. The van der Waals surface area contributed by atoms with E-state index in [-0.39, 0.29) is 22.2 Å². The summed E-state index contributed by atoms with van der Waals surface area (Å²) in [5.41, 5.74) is 0.125. The molecule has 0 aliphatic rings. The van der Waals surface area contributed by atoms with E-state index in [2.05, 4.69) is 15.9 Å². The van der Waals surface area contributed by atoms with Crippen molar-refractivity contribution in [1.82, 2.24) is 0 Å². The Bertz CT molecular complexity index is 728. The van der Waals surface area contributed by atoms with Crippen molar-refractivity contribution in [2.24, 2.45) is 0 Å². The first kappa shape index (κ1) is 14.3. The van der Waals surface area contributed by atoms with Gasteiger partial charge in [0.25, 0.3) is 0 Å². The quantitative estimate of drug-likeness (QED) is 0.593. The molecule has 7 heteroatoms. The maximum Gasteiger partial charge on any atom is 0.313 e. The second-order valence-corrected chi connectivity index (χ2v) is 5.06. The standard InChI is InChI=1S/C13H6BrClN2O3/c14-9-4-8(7-16)5-10(6-9)20-13-11(15)2-1-3-12(13)17(18)19/h1-6H. The molecular weight excluding hydrogens is 348 g/mol.